The van der Waals surface area contributed by atoms with E-state index in [1.165, 1.54) is 25.7 Å². The molecule has 168 valence electrons. The molecular formula is C26H40O4. The molecule has 1 heterocycles. The van der Waals surface area contributed by atoms with Crippen LogP contribution in [0.25, 0.3) is 0 Å². The zero-order valence-electron chi connectivity index (χ0n) is 19.2. The Morgan fingerprint density at radius 1 is 1.07 bits per heavy atom. The van der Waals surface area contributed by atoms with Crippen molar-refractivity contribution in [3.05, 3.63) is 11.6 Å². The number of fused-ring (bicyclic) bond motifs is 5. The fourth-order valence-corrected chi connectivity index (χ4v) is 9.07. The van der Waals surface area contributed by atoms with Gasteiger partial charge in [0.2, 0.25) is 0 Å². The van der Waals surface area contributed by atoms with Gasteiger partial charge in [0.25, 0.3) is 0 Å². The van der Waals surface area contributed by atoms with E-state index in [2.05, 4.69) is 33.8 Å². The molecule has 5 aliphatic rings. The smallest absolute Gasteiger partial charge is 0.160 e. The van der Waals surface area contributed by atoms with Gasteiger partial charge in [0.15, 0.2) is 6.29 Å². The molecule has 0 aromatic rings. The number of hydrogen-bond acceptors (Lipinski definition) is 4. The van der Waals surface area contributed by atoms with Crippen molar-refractivity contribution in [1.29, 1.82) is 0 Å². The predicted molar refractivity (Wildman–Crippen MR) is 116 cm³/mol. The summed E-state index contributed by atoms with van der Waals surface area (Å²) in [5.74, 6) is 3.01. The molecule has 0 radical (unpaired) electrons. The van der Waals surface area contributed by atoms with Gasteiger partial charge >= 0.3 is 0 Å². The summed E-state index contributed by atoms with van der Waals surface area (Å²) in [6.45, 7) is 10.8. The summed E-state index contributed by atoms with van der Waals surface area (Å²) in [5.41, 5.74) is 1.56. The number of Topliss-reactive ketones (excluding diaryl/α,β-unsaturated/α-hetero) is 1. The van der Waals surface area contributed by atoms with E-state index >= 15 is 0 Å². The lowest BCUT2D eigenvalue weighted by molar-refractivity contribution is -0.157. The van der Waals surface area contributed by atoms with E-state index in [0.29, 0.717) is 55.0 Å². The maximum Gasteiger partial charge on any atom is 0.160 e. The molecule has 4 heteroatoms. The highest BCUT2D eigenvalue weighted by atomic mass is 16.7. The number of ether oxygens (including phenoxy) is 2. The highest BCUT2D eigenvalue weighted by Crippen LogP contribution is 2.69. The van der Waals surface area contributed by atoms with Crippen molar-refractivity contribution in [3.63, 3.8) is 0 Å². The number of ketones is 1. The molecule has 0 bridgehead atoms. The minimum Gasteiger partial charge on any atom is -0.388 e. The summed E-state index contributed by atoms with van der Waals surface area (Å²) in [6.07, 6.45) is 8.88. The minimum absolute atomic E-state index is 0.0584. The predicted octanol–water partition coefficient (Wildman–Crippen LogP) is 4.75. The average Bonchev–Trinajstić information content (AvgIpc) is 3.37. The summed E-state index contributed by atoms with van der Waals surface area (Å²) >= 11 is 0. The second-order valence-corrected chi connectivity index (χ2v) is 11.5. The van der Waals surface area contributed by atoms with Crippen molar-refractivity contribution in [2.24, 2.45) is 46.3 Å². The molecule has 0 amide bonds. The number of aliphatic hydroxyl groups is 1. The molecule has 1 saturated heterocycles. The fourth-order valence-electron chi connectivity index (χ4n) is 9.07. The van der Waals surface area contributed by atoms with Crippen LogP contribution in [-0.2, 0) is 14.3 Å². The summed E-state index contributed by atoms with van der Waals surface area (Å²) in [7, 11) is 0. The minimum atomic E-state index is -0.387. The first-order valence-electron chi connectivity index (χ1n) is 12.4. The largest absolute Gasteiger partial charge is 0.388 e. The van der Waals surface area contributed by atoms with Crippen molar-refractivity contribution in [1.82, 2.24) is 0 Å². The van der Waals surface area contributed by atoms with Crippen LogP contribution in [0, 0.1) is 46.3 Å². The van der Waals surface area contributed by atoms with Crippen LogP contribution in [0.3, 0.4) is 0 Å². The SMILES string of the molecule is C/C=C1/C2CC(=O)CC[C@]2(C)C2CC[C@@]3(C)C(CC[C@@H]3[C@H](C)C3OCCO3)C2[C@@H]1O. The van der Waals surface area contributed by atoms with Gasteiger partial charge in [-0.3, -0.25) is 4.79 Å². The van der Waals surface area contributed by atoms with Crippen molar-refractivity contribution >= 4 is 5.78 Å². The van der Waals surface area contributed by atoms with Gasteiger partial charge in [0.05, 0.1) is 19.3 Å². The quantitative estimate of drug-likeness (QED) is 0.660. The maximum atomic E-state index is 12.3. The second-order valence-electron chi connectivity index (χ2n) is 11.5. The van der Waals surface area contributed by atoms with Crippen LogP contribution >= 0.6 is 0 Å². The summed E-state index contributed by atoms with van der Waals surface area (Å²) in [6, 6.07) is 0. The van der Waals surface area contributed by atoms with Crippen molar-refractivity contribution < 1.29 is 19.4 Å². The zero-order valence-corrected chi connectivity index (χ0v) is 19.2. The second kappa shape index (κ2) is 7.42. The Balaban J connectivity index is 1.47. The topological polar surface area (TPSA) is 55.8 Å². The zero-order chi connectivity index (χ0) is 21.3. The Kier molecular flexibility index (Phi) is 5.23. The highest BCUT2D eigenvalue weighted by molar-refractivity contribution is 5.80. The van der Waals surface area contributed by atoms with Crippen molar-refractivity contribution in [3.8, 4) is 0 Å². The monoisotopic (exact) mass is 416 g/mol. The van der Waals surface area contributed by atoms with E-state index in [1.807, 2.05) is 0 Å². The summed E-state index contributed by atoms with van der Waals surface area (Å²) in [5, 5.41) is 11.7. The first-order valence-corrected chi connectivity index (χ1v) is 12.4. The first kappa shape index (κ1) is 21.2. The van der Waals surface area contributed by atoms with Crippen LogP contribution in [0.5, 0.6) is 0 Å². The lowest BCUT2D eigenvalue weighted by Gasteiger charge is -2.62. The molecule has 5 fully saturated rings. The van der Waals surface area contributed by atoms with Crippen LogP contribution in [0.4, 0.5) is 0 Å². The Hall–Kier alpha value is -0.710. The van der Waals surface area contributed by atoms with E-state index in [1.54, 1.807) is 0 Å². The normalized spacial score (nSPS) is 51.5. The van der Waals surface area contributed by atoms with Crippen LogP contribution in [0.2, 0.25) is 0 Å². The van der Waals surface area contributed by atoms with Gasteiger partial charge in [-0.25, -0.2) is 0 Å². The van der Waals surface area contributed by atoms with Gasteiger partial charge in [-0.1, -0.05) is 26.8 Å². The van der Waals surface area contributed by atoms with E-state index in [4.69, 9.17) is 9.47 Å². The Morgan fingerprint density at radius 2 is 1.77 bits per heavy atom. The van der Waals surface area contributed by atoms with Crippen LogP contribution in [-0.4, -0.2) is 36.5 Å². The Morgan fingerprint density at radius 3 is 2.47 bits per heavy atom. The van der Waals surface area contributed by atoms with Gasteiger partial charge in [0, 0.05) is 18.8 Å². The molecule has 0 aromatic heterocycles. The third kappa shape index (κ3) is 2.85. The van der Waals surface area contributed by atoms with Gasteiger partial charge < -0.3 is 14.6 Å². The molecule has 5 rings (SSSR count). The van der Waals surface area contributed by atoms with E-state index in [-0.39, 0.29) is 29.1 Å². The van der Waals surface area contributed by atoms with Crippen LogP contribution < -0.4 is 0 Å². The number of aliphatic hydroxyl groups excluding tert-OH is 1. The lowest BCUT2D eigenvalue weighted by atomic mass is 9.43. The van der Waals surface area contributed by atoms with Gasteiger partial charge in [0.1, 0.15) is 5.78 Å². The van der Waals surface area contributed by atoms with Gasteiger partial charge in [-0.2, -0.15) is 0 Å². The number of carbonyl (C=O) groups excluding carboxylic acids is 1. The highest BCUT2D eigenvalue weighted by Gasteiger charge is 2.64. The summed E-state index contributed by atoms with van der Waals surface area (Å²) in [4.78, 5) is 12.3. The van der Waals surface area contributed by atoms with Crippen LogP contribution in [0.1, 0.15) is 72.6 Å². The van der Waals surface area contributed by atoms with Gasteiger partial charge in [-0.05, 0) is 85.0 Å². The summed E-state index contributed by atoms with van der Waals surface area (Å²) < 4.78 is 11.8. The average molecular weight is 417 g/mol. The first-order chi connectivity index (χ1) is 14.3. The lowest BCUT2D eigenvalue weighted by Crippen LogP contribution is -2.59. The third-order valence-electron chi connectivity index (χ3n) is 10.6. The van der Waals surface area contributed by atoms with Crippen molar-refractivity contribution in [2.75, 3.05) is 13.2 Å². The molecule has 4 aliphatic carbocycles. The number of hydrogen-bond donors (Lipinski definition) is 1. The van der Waals surface area contributed by atoms with Crippen LogP contribution in [0.15, 0.2) is 11.6 Å². The molecule has 1 aliphatic heterocycles. The van der Waals surface area contributed by atoms with E-state index in [9.17, 15) is 9.90 Å². The molecule has 0 aromatic carbocycles. The molecule has 1 N–H and O–H groups in total. The molecule has 4 nitrogen and oxygen atoms in total. The Bertz CT molecular complexity index is 725. The van der Waals surface area contributed by atoms with E-state index < -0.39 is 0 Å². The molecule has 4 unspecified atom stereocenters. The van der Waals surface area contributed by atoms with Crippen molar-refractivity contribution in [2.45, 2.75) is 85.0 Å². The number of rotatable bonds is 2. The molecule has 0 spiro atoms. The molecular weight excluding hydrogens is 376 g/mol. The fraction of sp³-hybridized carbons (Fsp3) is 0.885. The molecule has 4 saturated carbocycles. The standard InChI is InChI=1S/C26H40O4/c1-5-17-21-14-16(27)8-10-26(21,4)20-9-11-25(3)18(15(2)24-29-12-13-30-24)6-7-19(25)22(20)23(17)28/h5,15,18-24,28H,6-14H2,1-4H3/b17-5-/t15-,18+,19?,20?,21?,22?,23+,25+,26+/m0/s1. The number of carbonyl (C=O) groups is 1. The maximum absolute atomic E-state index is 12.3. The Labute approximate surface area is 181 Å². The number of allylic oxidation sites excluding steroid dienone is 1. The molecule has 30 heavy (non-hydrogen) atoms. The molecule has 9 atom stereocenters. The van der Waals surface area contributed by atoms with Gasteiger partial charge in [-0.15, -0.1) is 0 Å². The van der Waals surface area contributed by atoms with E-state index in [0.717, 1.165) is 18.4 Å². The third-order valence-corrected chi connectivity index (χ3v) is 10.6.